The molecule has 0 aromatic heterocycles. The van der Waals surface area contributed by atoms with Gasteiger partial charge in [-0.2, -0.15) is 5.10 Å². The Balaban J connectivity index is 1.58. The summed E-state index contributed by atoms with van der Waals surface area (Å²) in [5.41, 5.74) is 6.13. The summed E-state index contributed by atoms with van der Waals surface area (Å²) in [6.07, 6.45) is 0. The average molecular weight is 356 g/mol. The standard InChI is InChI=1S/C21H26ClN3/c1-16-8-9-19(17(2)14-16)15-24-10-12-25(13-11-24)23-18(3)20-6-4-5-7-21(20)22/h4-9,14H,10-13,15H2,1-3H3. The van der Waals surface area contributed by atoms with Gasteiger partial charge >= 0.3 is 0 Å². The molecule has 1 heterocycles. The van der Waals surface area contributed by atoms with Crippen molar-refractivity contribution in [3.8, 4) is 0 Å². The fourth-order valence-corrected chi connectivity index (χ4v) is 3.55. The number of rotatable bonds is 4. The van der Waals surface area contributed by atoms with Gasteiger partial charge in [0, 0.05) is 43.3 Å². The van der Waals surface area contributed by atoms with Crippen LogP contribution in [-0.2, 0) is 6.54 Å². The van der Waals surface area contributed by atoms with Crippen molar-refractivity contribution in [2.24, 2.45) is 5.10 Å². The number of hydrogen-bond acceptors (Lipinski definition) is 3. The van der Waals surface area contributed by atoms with Crippen molar-refractivity contribution in [3.05, 3.63) is 69.7 Å². The van der Waals surface area contributed by atoms with Crippen molar-refractivity contribution in [2.75, 3.05) is 26.2 Å². The highest BCUT2D eigenvalue weighted by Crippen LogP contribution is 2.18. The smallest absolute Gasteiger partial charge is 0.0661 e. The maximum atomic E-state index is 6.27. The molecular formula is C21H26ClN3. The van der Waals surface area contributed by atoms with Gasteiger partial charge in [-0.1, -0.05) is 53.6 Å². The minimum absolute atomic E-state index is 0.761. The first-order valence-electron chi connectivity index (χ1n) is 8.86. The molecule has 0 radical (unpaired) electrons. The van der Waals surface area contributed by atoms with E-state index in [0.29, 0.717) is 0 Å². The summed E-state index contributed by atoms with van der Waals surface area (Å²) < 4.78 is 0. The van der Waals surface area contributed by atoms with E-state index in [9.17, 15) is 0 Å². The van der Waals surface area contributed by atoms with Gasteiger partial charge in [-0.3, -0.25) is 9.91 Å². The van der Waals surface area contributed by atoms with Crippen LogP contribution in [0.5, 0.6) is 0 Å². The highest BCUT2D eigenvalue weighted by atomic mass is 35.5. The largest absolute Gasteiger partial charge is 0.295 e. The Morgan fingerprint density at radius 1 is 1.04 bits per heavy atom. The van der Waals surface area contributed by atoms with E-state index in [4.69, 9.17) is 16.7 Å². The Bertz CT molecular complexity index is 761. The maximum Gasteiger partial charge on any atom is 0.0661 e. The molecule has 0 saturated carbocycles. The minimum Gasteiger partial charge on any atom is -0.295 e. The first kappa shape index (κ1) is 18.0. The molecule has 3 rings (SSSR count). The van der Waals surface area contributed by atoms with Crippen LogP contribution >= 0.6 is 11.6 Å². The number of halogens is 1. The molecule has 3 nitrogen and oxygen atoms in total. The lowest BCUT2D eigenvalue weighted by Crippen LogP contribution is -2.44. The van der Waals surface area contributed by atoms with Crippen molar-refractivity contribution >= 4 is 17.3 Å². The summed E-state index contributed by atoms with van der Waals surface area (Å²) in [4.78, 5) is 2.51. The molecule has 1 saturated heterocycles. The molecule has 0 unspecified atom stereocenters. The lowest BCUT2D eigenvalue weighted by molar-refractivity contribution is 0.130. The van der Waals surface area contributed by atoms with Crippen LogP contribution in [0.3, 0.4) is 0 Å². The van der Waals surface area contributed by atoms with E-state index in [1.165, 1.54) is 16.7 Å². The van der Waals surface area contributed by atoms with Gasteiger partial charge in [0.2, 0.25) is 0 Å². The van der Waals surface area contributed by atoms with E-state index in [-0.39, 0.29) is 0 Å². The predicted molar refractivity (Wildman–Crippen MR) is 106 cm³/mol. The van der Waals surface area contributed by atoms with Gasteiger partial charge in [0.1, 0.15) is 0 Å². The molecule has 2 aromatic carbocycles. The minimum atomic E-state index is 0.761. The van der Waals surface area contributed by atoms with Gasteiger partial charge in [0.25, 0.3) is 0 Å². The molecule has 0 bridgehead atoms. The third kappa shape index (κ3) is 4.62. The van der Waals surface area contributed by atoms with Gasteiger partial charge in [-0.15, -0.1) is 0 Å². The Labute approximate surface area is 155 Å². The number of nitrogens with zero attached hydrogens (tertiary/aromatic N) is 3. The second-order valence-electron chi connectivity index (χ2n) is 6.83. The number of piperazine rings is 1. The van der Waals surface area contributed by atoms with E-state index in [0.717, 1.165) is 49.0 Å². The molecular weight excluding hydrogens is 330 g/mol. The second kappa shape index (κ2) is 8.03. The number of hydrogen-bond donors (Lipinski definition) is 0. The number of hydrazone groups is 1. The third-order valence-electron chi connectivity index (χ3n) is 4.80. The van der Waals surface area contributed by atoms with Crippen LogP contribution in [0.15, 0.2) is 47.6 Å². The van der Waals surface area contributed by atoms with Gasteiger partial charge in [-0.25, -0.2) is 0 Å². The zero-order valence-corrected chi connectivity index (χ0v) is 16.1. The summed E-state index contributed by atoms with van der Waals surface area (Å²) in [5.74, 6) is 0. The van der Waals surface area contributed by atoms with Crippen LogP contribution < -0.4 is 0 Å². The second-order valence-corrected chi connectivity index (χ2v) is 7.23. The Hall–Kier alpha value is -1.84. The quantitative estimate of drug-likeness (QED) is 0.752. The first-order valence-corrected chi connectivity index (χ1v) is 9.24. The van der Waals surface area contributed by atoms with Crippen molar-refractivity contribution in [1.82, 2.24) is 9.91 Å². The molecule has 1 fully saturated rings. The topological polar surface area (TPSA) is 18.8 Å². The first-order chi connectivity index (χ1) is 12.0. The van der Waals surface area contributed by atoms with Crippen LogP contribution in [-0.4, -0.2) is 41.8 Å². The Kier molecular flexibility index (Phi) is 5.77. The summed E-state index contributed by atoms with van der Waals surface area (Å²) >= 11 is 6.27. The average Bonchev–Trinajstić information content (AvgIpc) is 2.59. The summed E-state index contributed by atoms with van der Waals surface area (Å²) in [6, 6.07) is 14.6. The van der Waals surface area contributed by atoms with Gasteiger partial charge in [-0.05, 0) is 38.0 Å². The van der Waals surface area contributed by atoms with E-state index in [2.05, 4.69) is 42.0 Å². The lowest BCUT2D eigenvalue weighted by Gasteiger charge is -2.33. The summed E-state index contributed by atoms with van der Waals surface area (Å²) in [5, 5.41) is 7.70. The monoisotopic (exact) mass is 355 g/mol. The van der Waals surface area contributed by atoms with Crippen molar-refractivity contribution in [1.29, 1.82) is 0 Å². The van der Waals surface area contributed by atoms with Gasteiger partial charge in [0.05, 0.1) is 5.71 Å². The Morgan fingerprint density at radius 2 is 1.76 bits per heavy atom. The highest BCUT2D eigenvalue weighted by molar-refractivity contribution is 6.34. The third-order valence-corrected chi connectivity index (χ3v) is 5.13. The van der Waals surface area contributed by atoms with Crippen LogP contribution in [0.2, 0.25) is 5.02 Å². The van der Waals surface area contributed by atoms with Crippen LogP contribution in [0.1, 0.15) is 29.2 Å². The zero-order chi connectivity index (χ0) is 17.8. The van der Waals surface area contributed by atoms with E-state index >= 15 is 0 Å². The molecule has 0 spiro atoms. The van der Waals surface area contributed by atoms with Crippen LogP contribution in [0.25, 0.3) is 0 Å². The predicted octanol–water partition coefficient (Wildman–Crippen LogP) is 4.50. The van der Waals surface area contributed by atoms with Gasteiger partial charge < -0.3 is 0 Å². The molecule has 25 heavy (non-hydrogen) atoms. The molecule has 0 N–H and O–H groups in total. The van der Waals surface area contributed by atoms with E-state index in [1.807, 2.05) is 31.2 Å². The summed E-state index contributed by atoms with van der Waals surface area (Å²) in [6.45, 7) is 11.4. The lowest BCUT2D eigenvalue weighted by atomic mass is 10.1. The molecule has 0 aliphatic carbocycles. The number of benzene rings is 2. The van der Waals surface area contributed by atoms with Crippen molar-refractivity contribution in [2.45, 2.75) is 27.3 Å². The Morgan fingerprint density at radius 3 is 2.44 bits per heavy atom. The fraction of sp³-hybridized carbons (Fsp3) is 0.381. The molecule has 0 amide bonds. The maximum absolute atomic E-state index is 6.27. The van der Waals surface area contributed by atoms with E-state index < -0.39 is 0 Å². The molecule has 0 atom stereocenters. The van der Waals surface area contributed by atoms with E-state index in [1.54, 1.807) is 0 Å². The number of aryl methyl sites for hydroxylation is 2. The van der Waals surface area contributed by atoms with Crippen molar-refractivity contribution in [3.63, 3.8) is 0 Å². The summed E-state index contributed by atoms with van der Waals surface area (Å²) in [7, 11) is 0. The molecule has 1 aliphatic rings. The van der Waals surface area contributed by atoms with Crippen LogP contribution in [0.4, 0.5) is 0 Å². The molecule has 1 aliphatic heterocycles. The van der Waals surface area contributed by atoms with Gasteiger partial charge in [0.15, 0.2) is 0 Å². The van der Waals surface area contributed by atoms with Crippen molar-refractivity contribution < 1.29 is 0 Å². The normalized spacial score (nSPS) is 16.3. The molecule has 2 aromatic rings. The molecule has 132 valence electrons. The zero-order valence-electron chi connectivity index (χ0n) is 15.3. The highest BCUT2D eigenvalue weighted by Gasteiger charge is 2.17. The fourth-order valence-electron chi connectivity index (χ4n) is 3.28. The SMILES string of the molecule is CC(=NN1CCN(Cc2ccc(C)cc2C)CC1)c1ccccc1Cl. The molecule has 4 heteroatoms. The van der Waals surface area contributed by atoms with Crippen LogP contribution in [0, 0.1) is 13.8 Å².